The summed E-state index contributed by atoms with van der Waals surface area (Å²) >= 11 is 8.21. The minimum atomic E-state index is 0.464. The van der Waals surface area contributed by atoms with E-state index in [1.165, 1.54) is 0 Å². The molecule has 19 heavy (non-hydrogen) atoms. The second-order valence-corrected chi connectivity index (χ2v) is 5.10. The molecule has 0 fully saturated rings. The molecule has 6 nitrogen and oxygen atoms in total. The number of hydrogen-bond donors (Lipinski definition) is 1. The highest BCUT2D eigenvalue weighted by molar-refractivity contribution is 9.10. The van der Waals surface area contributed by atoms with Crippen LogP contribution >= 0.6 is 28.1 Å². The topological polar surface area (TPSA) is 73.5 Å². The van der Waals surface area contributed by atoms with Crippen LogP contribution in [-0.4, -0.2) is 48.9 Å². The van der Waals surface area contributed by atoms with Gasteiger partial charge in [0.2, 0.25) is 11.8 Å². The maximum absolute atomic E-state index is 5.53. The first kappa shape index (κ1) is 16.1. The highest BCUT2D eigenvalue weighted by atomic mass is 79.9. The van der Waals surface area contributed by atoms with Gasteiger partial charge in [-0.3, -0.25) is 0 Å². The van der Waals surface area contributed by atoms with Gasteiger partial charge in [-0.15, -0.1) is 0 Å². The van der Waals surface area contributed by atoms with Crippen LogP contribution in [0.25, 0.3) is 0 Å². The molecule has 0 bridgehead atoms. The summed E-state index contributed by atoms with van der Waals surface area (Å²) in [6.45, 7) is 1.87. The van der Waals surface area contributed by atoms with Crippen LogP contribution in [0, 0.1) is 0 Å². The highest BCUT2D eigenvalue weighted by Gasteiger charge is 2.12. The monoisotopic (exact) mass is 348 g/mol. The molecule has 1 heterocycles. The maximum atomic E-state index is 5.53. The van der Waals surface area contributed by atoms with Gasteiger partial charge >= 0.3 is 0 Å². The average molecular weight is 349 g/mol. The number of nitrogens with two attached hydrogens (primary N) is 1. The standard InChI is InChI=1S/C11H17BrN4O2S/c1-17-6-5-16(4-3-9(13)19)11-14-7-8(12)10(15-11)18-2/h7H,3-6H2,1-2H3,(H2,13,19). The van der Waals surface area contributed by atoms with Crippen molar-refractivity contribution in [1.29, 1.82) is 0 Å². The molecule has 2 N–H and O–H groups in total. The highest BCUT2D eigenvalue weighted by Crippen LogP contribution is 2.23. The van der Waals surface area contributed by atoms with E-state index in [-0.39, 0.29) is 0 Å². The number of nitrogens with zero attached hydrogens (tertiary/aromatic N) is 3. The molecule has 1 aromatic rings. The summed E-state index contributed by atoms with van der Waals surface area (Å²) in [6, 6.07) is 0. The predicted octanol–water partition coefficient (Wildman–Crippen LogP) is 1.38. The van der Waals surface area contributed by atoms with E-state index in [9.17, 15) is 0 Å². The second-order valence-electron chi connectivity index (χ2n) is 3.72. The van der Waals surface area contributed by atoms with Crippen molar-refractivity contribution in [3.05, 3.63) is 10.7 Å². The summed E-state index contributed by atoms with van der Waals surface area (Å²) < 4.78 is 10.9. The second kappa shape index (κ2) is 8.23. The van der Waals surface area contributed by atoms with Crippen molar-refractivity contribution >= 4 is 39.1 Å². The number of halogens is 1. The van der Waals surface area contributed by atoms with Crippen LogP contribution in [0.1, 0.15) is 6.42 Å². The van der Waals surface area contributed by atoms with E-state index in [4.69, 9.17) is 27.4 Å². The van der Waals surface area contributed by atoms with Gasteiger partial charge in [0.05, 0.1) is 29.4 Å². The first-order valence-corrected chi connectivity index (χ1v) is 6.87. The summed E-state index contributed by atoms with van der Waals surface area (Å²) in [5, 5.41) is 0. The molecule has 8 heteroatoms. The molecule has 0 unspecified atom stereocenters. The first-order chi connectivity index (χ1) is 9.08. The van der Waals surface area contributed by atoms with Crippen molar-refractivity contribution in [3.63, 3.8) is 0 Å². The van der Waals surface area contributed by atoms with Crippen LogP contribution in [0.4, 0.5) is 5.95 Å². The van der Waals surface area contributed by atoms with Crippen LogP contribution in [0.2, 0.25) is 0 Å². The molecule has 0 atom stereocenters. The first-order valence-electron chi connectivity index (χ1n) is 5.67. The normalized spacial score (nSPS) is 10.3. The molecule has 0 aromatic carbocycles. The molecule has 0 aliphatic rings. The number of hydrogen-bond acceptors (Lipinski definition) is 6. The molecule has 1 aromatic heterocycles. The third kappa shape index (κ3) is 5.25. The Bertz CT molecular complexity index is 433. The van der Waals surface area contributed by atoms with Crippen molar-refractivity contribution in [2.24, 2.45) is 5.73 Å². The molecule has 0 saturated heterocycles. The van der Waals surface area contributed by atoms with Crippen LogP contribution in [0.15, 0.2) is 10.7 Å². The molecule has 0 aliphatic carbocycles. The van der Waals surface area contributed by atoms with Crippen molar-refractivity contribution < 1.29 is 9.47 Å². The third-order valence-corrected chi connectivity index (χ3v) is 3.12. The van der Waals surface area contributed by atoms with Crippen LogP contribution < -0.4 is 15.4 Å². The Morgan fingerprint density at radius 1 is 1.47 bits per heavy atom. The molecule has 0 aliphatic heterocycles. The summed E-state index contributed by atoms with van der Waals surface area (Å²) in [5.41, 5.74) is 5.53. The fourth-order valence-corrected chi connectivity index (χ4v) is 1.84. The van der Waals surface area contributed by atoms with Gasteiger partial charge in [0.15, 0.2) is 0 Å². The van der Waals surface area contributed by atoms with E-state index in [1.54, 1.807) is 20.4 Å². The van der Waals surface area contributed by atoms with Gasteiger partial charge in [-0.05, 0) is 15.9 Å². The quantitative estimate of drug-likeness (QED) is 0.711. The van der Waals surface area contributed by atoms with Gasteiger partial charge in [0.25, 0.3) is 0 Å². The van der Waals surface area contributed by atoms with E-state index in [2.05, 4.69) is 25.9 Å². The average Bonchev–Trinajstić information content (AvgIpc) is 2.39. The molecule has 0 saturated carbocycles. The van der Waals surface area contributed by atoms with Gasteiger partial charge in [-0.25, -0.2) is 4.98 Å². The molecule has 106 valence electrons. The Morgan fingerprint density at radius 2 is 2.21 bits per heavy atom. The van der Waals surface area contributed by atoms with E-state index in [1.807, 2.05) is 4.90 Å². The fourth-order valence-electron chi connectivity index (χ4n) is 1.40. The smallest absolute Gasteiger partial charge is 0.232 e. The van der Waals surface area contributed by atoms with Crippen molar-refractivity contribution in [3.8, 4) is 5.88 Å². The lowest BCUT2D eigenvalue weighted by molar-refractivity contribution is 0.205. The van der Waals surface area contributed by atoms with Crippen molar-refractivity contribution in [2.75, 3.05) is 38.8 Å². The van der Waals surface area contributed by atoms with Crippen molar-refractivity contribution in [1.82, 2.24) is 9.97 Å². The Kier molecular flexibility index (Phi) is 6.96. The van der Waals surface area contributed by atoms with Crippen LogP contribution in [0.5, 0.6) is 5.88 Å². The maximum Gasteiger partial charge on any atom is 0.232 e. The molecule has 0 amide bonds. The Hall–Kier alpha value is -0.990. The van der Waals surface area contributed by atoms with Gasteiger partial charge in [0.1, 0.15) is 0 Å². The zero-order valence-corrected chi connectivity index (χ0v) is 13.3. The van der Waals surface area contributed by atoms with Gasteiger partial charge in [-0.2, -0.15) is 4.98 Å². The molecular formula is C11H17BrN4O2S. The molecule has 0 spiro atoms. The van der Waals surface area contributed by atoms with Crippen LogP contribution in [-0.2, 0) is 4.74 Å². The number of ether oxygens (including phenoxy) is 2. The minimum Gasteiger partial charge on any atom is -0.480 e. The number of methoxy groups -OCH3 is 2. The Morgan fingerprint density at radius 3 is 2.79 bits per heavy atom. The van der Waals surface area contributed by atoms with Gasteiger partial charge in [-0.1, -0.05) is 12.2 Å². The summed E-state index contributed by atoms with van der Waals surface area (Å²) in [5.74, 6) is 1.05. The summed E-state index contributed by atoms with van der Waals surface area (Å²) in [6.07, 6.45) is 2.25. The number of aromatic nitrogens is 2. The number of anilines is 1. The van der Waals surface area contributed by atoms with E-state index in [0.29, 0.717) is 47.4 Å². The predicted molar refractivity (Wildman–Crippen MR) is 81.8 cm³/mol. The fraction of sp³-hybridized carbons (Fsp3) is 0.545. The number of rotatable bonds is 8. The number of thiocarbonyl (C=S) groups is 1. The lowest BCUT2D eigenvalue weighted by atomic mass is 10.4. The van der Waals surface area contributed by atoms with Gasteiger partial charge in [0, 0.05) is 26.6 Å². The summed E-state index contributed by atoms with van der Waals surface area (Å²) in [4.78, 5) is 11.0. The van der Waals surface area contributed by atoms with Crippen LogP contribution in [0.3, 0.4) is 0 Å². The third-order valence-electron chi connectivity index (χ3n) is 2.37. The van der Waals surface area contributed by atoms with E-state index < -0.39 is 0 Å². The SMILES string of the molecule is COCCN(CCC(N)=S)c1ncc(Br)c(OC)n1. The lowest BCUT2D eigenvalue weighted by Crippen LogP contribution is -2.32. The molecule has 1 rings (SSSR count). The Labute approximate surface area is 126 Å². The zero-order valence-electron chi connectivity index (χ0n) is 10.9. The largest absolute Gasteiger partial charge is 0.480 e. The van der Waals surface area contributed by atoms with Gasteiger partial charge < -0.3 is 20.1 Å². The minimum absolute atomic E-state index is 0.464. The summed E-state index contributed by atoms with van der Waals surface area (Å²) in [7, 11) is 3.21. The zero-order chi connectivity index (χ0) is 14.3. The van der Waals surface area contributed by atoms with E-state index >= 15 is 0 Å². The molecular weight excluding hydrogens is 332 g/mol. The molecule has 0 radical (unpaired) electrons. The van der Waals surface area contributed by atoms with Crippen molar-refractivity contribution in [2.45, 2.75) is 6.42 Å². The van der Waals surface area contributed by atoms with E-state index in [0.717, 1.165) is 0 Å². The Balaban J connectivity index is 2.85. The lowest BCUT2D eigenvalue weighted by Gasteiger charge is -2.22.